The van der Waals surface area contributed by atoms with E-state index in [1.165, 1.54) is 5.56 Å². The second kappa shape index (κ2) is 9.18. The smallest absolute Gasteiger partial charge is 0.240 e. The summed E-state index contributed by atoms with van der Waals surface area (Å²) in [6.07, 6.45) is 2.84. The van der Waals surface area contributed by atoms with E-state index in [-0.39, 0.29) is 16.8 Å². The van der Waals surface area contributed by atoms with E-state index in [0.717, 1.165) is 42.2 Å². The molecule has 166 valence electrons. The SMILES string of the molecule is Cc1ccc(Cl)cc1N1CCN(C(=O)CCc2ccc(S(=O)(=O)NC3CC3)cc2)CC1. The lowest BCUT2D eigenvalue weighted by Crippen LogP contribution is -2.49. The van der Waals surface area contributed by atoms with Gasteiger partial charge in [0.25, 0.3) is 0 Å². The van der Waals surface area contributed by atoms with Crippen molar-refractivity contribution in [2.75, 3.05) is 31.1 Å². The van der Waals surface area contributed by atoms with Gasteiger partial charge in [0.1, 0.15) is 0 Å². The Morgan fingerprint density at radius 1 is 1.06 bits per heavy atom. The van der Waals surface area contributed by atoms with Gasteiger partial charge in [0.15, 0.2) is 0 Å². The average Bonchev–Trinajstić information content (AvgIpc) is 3.57. The van der Waals surface area contributed by atoms with E-state index < -0.39 is 10.0 Å². The lowest BCUT2D eigenvalue weighted by Gasteiger charge is -2.37. The highest BCUT2D eigenvalue weighted by Gasteiger charge is 2.28. The number of piperazine rings is 1. The van der Waals surface area contributed by atoms with Gasteiger partial charge >= 0.3 is 0 Å². The third kappa shape index (κ3) is 5.59. The quantitative estimate of drug-likeness (QED) is 0.686. The number of benzene rings is 2. The number of carbonyl (C=O) groups is 1. The number of nitrogens with one attached hydrogen (secondary N) is 1. The van der Waals surface area contributed by atoms with Crippen LogP contribution in [0.25, 0.3) is 0 Å². The third-order valence-electron chi connectivity index (χ3n) is 5.90. The van der Waals surface area contributed by atoms with Crippen molar-refractivity contribution < 1.29 is 13.2 Å². The molecule has 1 aliphatic heterocycles. The van der Waals surface area contributed by atoms with Crippen molar-refractivity contribution in [1.29, 1.82) is 0 Å². The van der Waals surface area contributed by atoms with Crippen LogP contribution in [-0.4, -0.2) is 51.4 Å². The van der Waals surface area contributed by atoms with E-state index in [0.29, 0.717) is 25.9 Å². The Morgan fingerprint density at radius 3 is 2.39 bits per heavy atom. The van der Waals surface area contributed by atoms with Crippen molar-refractivity contribution in [1.82, 2.24) is 9.62 Å². The molecule has 0 atom stereocenters. The summed E-state index contributed by atoms with van der Waals surface area (Å²) in [7, 11) is -3.43. The molecule has 0 radical (unpaired) electrons. The summed E-state index contributed by atoms with van der Waals surface area (Å²) in [5.74, 6) is 0.134. The fourth-order valence-electron chi connectivity index (χ4n) is 3.85. The van der Waals surface area contributed by atoms with E-state index in [1.807, 2.05) is 23.1 Å². The number of anilines is 1. The minimum Gasteiger partial charge on any atom is -0.368 e. The van der Waals surface area contributed by atoms with Gasteiger partial charge in [0.2, 0.25) is 15.9 Å². The minimum atomic E-state index is -3.43. The van der Waals surface area contributed by atoms with Gasteiger partial charge in [-0.3, -0.25) is 4.79 Å². The number of amides is 1. The lowest BCUT2D eigenvalue weighted by atomic mass is 10.1. The summed E-state index contributed by atoms with van der Waals surface area (Å²) >= 11 is 6.15. The van der Waals surface area contributed by atoms with Crippen LogP contribution >= 0.6 is 11.6 Å². The molecule has 8 heteroatoms. The Kier molecular flexibility index (Phi) is 6.55. The van der Waals surface area contributed by atoms with Crippen LogP contribution in [0.2, 0.25) is 5.02 Å². The van der Waals surface area contributed by atoms with Crippen LogP contribution < -0.4 is 9.62 Å². The number of hydrogen-bond donors (Lipinski definition) is 1. The second-order valence-corrected chi connectivity index (χ2v) is 10.5. The second-order valence-electron chi connectivity index (χ2n) is 8.34. The van der Waals surface area contributed by atoms with Crippen LogP contribution in [0.15, 0.2) is 47.4 Å². The van der Waals surface area contributed by atoms with Crippen LogP contribution in [0.5, 0.6) is 0 Å². The molecular formula is C23H28ClN3O3S. The molecule has 2 aromatic rings. The van der Waals surface area contributed by atoms with Gasteiger partial charge < -0.3 is 9.80 Å². The molecule has 1 N–H and O–H groups in total. The van der Waals surface area contributed by atoms with Gasteiger partial charge in [0.05, 0.1) is 4.90 Å². The molecule has 0 unspecified atom stereocenters. The summed E-state index contributed by atoms with van der Waals surface area (Å²) in [5, 5.41) is 0.723. The van der Waals surface area contributed by atoms with Crippen molar-refractivity contribution in [3.05, 3.63) is 58.6 Å². The fourth-order valence-corrected chi connectivity index (χ4v) is 5.32. The summed E-state index contributed by atoms with van der Waals surface area (Å²) < 4.78 is 27.2. The first-order valence-electron chi connectivity index (χ1n) is 10.7. The molecule has 1 saturated heterocycles. The van der Waals surface area contributed by atoms with Gasteiger partial charge in [0, 0.05) is 49.4 Å². The van der Waals surface area contributed by atoms with E-state index in [2.05, 4.69) is 16.5 Å². The molecule has 4 rings (SSSR count). The minimum absolute atomic E-state index is 0.0885. The first-order valence-corrected chi connectivity index (χ1v) is 12.6. The van der Waals surface area contributed by atoms with E-state index in [4.69, 9.17) is 11.6 Å². The standard InChI is InChI=1S/C23H28ClN3O3S/c1-17-2-6-19(24)16-22(17)26-12-14-27(15-13-26)23(28)11-5-18-3-9-21(10-4-18)31(29,30)25-20-7-8-20/h2-4,6,9-10,16,20,25H,5,7-8,11-15H2,1H3. The molecule has 1 amide bonds. The Bertz CT molecular complexity index is 1040. The number of hydrogen-bond acceptors (Lipinski definition) is 4. The fraction of sp³-hybridized carbons (Fsp3) is 0.435. The average molecular weight is 462 g/mol. The molecule has 31 heavy (non-hydrogen) atoms. The number of sulfonamides is 1. The first-order chi connectivity index (χ1) is 14.8. The zero-order chi connectivity index (χ0) is 22.0. The molecule has 2 fully saturated rings. The predicted octanol–water partition coefficient (Wildman–Crippen LogP) is 3.37. The van der Waals surface area contributed by atoms with E-state index in [9.17, 15) is 13.2 Å². The maximum Gasteiger partial charge on any atom is 0.240 e. The van der Waals surface area contributed by atoms with Crippen molar-refractivity contribution in [3.63, 3.8) is 0 Å². The van der Waals surface area contributed by atoms with Gasteiger partial charge in [-0.05, 0) is 61.6 Å². The zero-order valence-corrected chi connectivity index (χ0v) is 19.3. The highest BCUT2D eigenvalue weighted by atomic mass is 35.5. The molecule has 1 heterocycles. The number of halogens is 1. The summed E-state index contributed by atoms with van der Waals surface area (Å²) in [5.41, 5.74) is 3.28. The number of rotatable bonds is 7. The lowest BCUT2D eigenvalue weighted by molar-refractivity contribution is -0.131. The van der Waals surface area contributed by atoms with Gasteiger partial charge in [-0.2, -0.15) is 0 Å². The van der Waals surface area contributed by atoms with Gasteiger partial charge in [-0.25, -0.2) is 13.1 Å². The predicted molar refractivity (Wildman–Crippen MR) is 123 cm³/mol. The Labute approximate surface area is 189 Å². The maximum absolute atomic E-state index is 12.7. The molecule has 1 aliphatic carbocycles. The zero-order valence-electron chi connectivity index (χ0n) is 17.7. The normalized spacial score (nSPS) is 17.1. The number of nitrogens with zero attached hydrogens (tertiary/aromatic N) is 2. The molecular weight excluding hydrogens is 434 g/mol. The van der Waals surface area contributed by atoms with Crippen molar-refractivity contribution >= 4 is 33.2 Å². The van der Waals surface area contributed by atoms with Crippen LogP contribution in [-0.2, 0) is 21.2 Å². The van der Waals surface area contributed by atoms with Gasteiger partial charge in [-0.15, -0.1) is 0 Å². The monoisotopic (exact) mass is 461 g/mol. The molecule has 0 bridgehead atoms. The molecule has 1 saturated carbocycles. The number of carbonyl (C=O) groups excluding carboxylic acids is 1. The molecule has 0 aromatic heterocycles. The summed E-state index contributed by atoms with van der Waals surface area (Å²) in [6, 6.07) is 12.8. The van der Waals surface area contributed by atoms with Crippen molar-refractivity contribution in [2.45, 2.75) is 43.5 Å². The van der Waals surface area contributed by atoms with Crippen LogP contribution in [0.1, 0.15) is 30.4 Å². The first kappa shape index (κ1) is 22.1. The van der Waals surface area contributed by atoms with E-state index in [1.54, 1.807) is 24.3 Å². The Hall–Kier alpha value is -2.09. The van der Waals surface area contributed by atoms with Crippen LogP contribution in [0, 0.1) is 6.92 Å². The third-order valence-corrected chi connectivity index (χ3v) is 7.68. The van der Waals surface area contributed by atoms with Crippen LogP contribution in [0.3, 0.4) is 0 Å². The highest BCUT2D eigenvalue weighted by Crippen LogP contribution is 2.26. The van der Waals surface area contributed by atoms with Gasteiger partial charge in [-0.1, -0.05) is 29.8 Å². The number of aryl methyl sites for hydroxylation is 2. The van der Waals surface area contributed by atoms with Crippen molar-refractivity contribution in [3.8, 4) is 0 Å². The molecule has 2 aliphatic rings. The molecule has 6 nitrogen and oxygen atoms in total. The Balaban J connectivity index is 1.27. The molecule has 0 spiro atoms. The largest absolute Gasteiger partial charge is 0.368 e. The van der Waals surface area contributed by atoms with Crippen LogP contribution in [0.4, 0.5) is 5.69 Å². The Morgan fingerprint density at radius 2 is 1.74 bits per heavy atom. The summed E-state index contributed by atoms with van der Waals surface area (Å²) in [6.45, 7) is 5.02. The topological polar surface area (TPSA) is 69.7 Å². The van der Waals surface area contributed by atoms with Crippen molar-refractivity contribution in [2.24, 2.45) is 0 Å². The maximum atomic E-state index is 12.7. The molecule has 2 aromatic carbocycles. The summed E-state index contributed by atoms with van der Waals surface area (Å²) in [4.78, 5) is 17.1. The highest BCUT2D eigenvalue weighted by molar-refractivity contribution is 7.89. The van der Waals surface area contributed by atoms with E-state index >= 15 is 0 Å².